The molecule has 2 aromatic rings. The molecule has 49 heavy (non-hydrogen) atoms. The van der Waals surface area contributed by atoms with Crippen LogP contribution in [-0.4, -0.2) is 109 Å². The number of hydrogen-bond donors (Lipinski definition) is 1. The lowest BCUT2D eigenvalue weighted by Gasteiger charge is -2.60. The van der Waals surface area contributed by atoms with Crippen LogP contribution >= 0.6 is 39.1 Å². The zero-order chi connectivity index (χ0) is 36.2. The predicted octanol–water partition coefficient (Wildman–Crippen LogP) is 6.59. The molecule has 0 unspecified atom stereocenters. The molecule has 0 spiro atoms. The van der Waals surface area contributed by atoms with Crippen molar-refractivity contribution in [2.75, 3.05) is 39.3 Å². The third-order valence-electron chi connectivity index (χ3n) is 9.06. The van der Waals surface area contributed by atoms with E-state index in [0.29, 0.717) is 17.4 Å². The minimum absolute atomic E-state index is 0.127. The molecule has 1 N–H and O–H groups in total. The number of ether oxygens (including phenoxy) is 2. The highest BCUT2D eigenvalue weighted by atomic mass is 79.9. The third-order valence-corrected chi connectivity index (χ3v) is 10.1. The van der Waals surface area contributed by atoms with Gasteiger partial charge in [-0.25, -0.2) is 29.5 Å². The summed E-state index contributed by atoms with van der Waals surface area (Å²) in [7, 11) is 0. The van der Waals surface area contributed by atoms with Crippen molar-refractivity contribution in [2.45, 2.75) is 103 Å². The molecule has 272 valence electrons. The monoisotopic (exact) mass is 784 g/mol. The van der Waals surface area contributed by atoms with E-state index < -0.39 is 11.2 Å². The van der Waals surface area contributed by atoms with Crippen LogP contribution in [0.4, 0.5) is 9.59 Å². The van der Waals surface area contributed by atoms with Gasteiger partial charge in [0.1, 0.15) is 11.2 Å². The Morgan fingerprint density at radius 1 is 0.816 bits per heavy atom. The first-order valence-electron chi connectivity index (χ1n) is 16.7. The Morgan fingerprint density at radius 3 is 1.69 bits per heavy atom. The largest absolute Gasteiger partial charge is 0.444 e. The molecule has 4 atom stereocenters. The molecule has 0 aliphatic carbocycles. The molecular formula is C34H51BrCl2N8O4. The second-order valence-electron chi connectivity index (χ2n) is 15.9. The first kappa shape index (κ1) is 39.5. The van der Waals surface area contributed by atoms with Gasteiger partial charge in [0, 0.05) is 104 Å². The fraction of sp³-hybridized carbons (Fsp3) is 0.706. The Hall–Kier alpha value is -2.32. The summed E-state index contributed by atoms with van der Waals surface area (Å²) in [6.07, 6.45) is 8.56. The molecule has 2 amide bonds. The van der Waals surface area contributed by atoms with E-state index in [1.165, 1.54) is 0 Å². The molecule has 15 heteroatoms. The average molecular weight is 787 g/mol. The standard InChI is InChI=1S/C17H25ClN4O2.C12H22N2O2.C5H4BrClN2/c1-16(2,3)24-15(23)21-6-5-13-17(4,10-21)11-22(13)9-12-7-19-14(18)20-8-12;1-11(2,3)16-10(15)14-6-5-9-12(4,8-14)7-13-9;6-1-4-2-8-5(7)9-3-4/h7-8,13H,5-6,9-11H2,1-4H3;9,13H,5-8H2,1-4H3;2-3H,1H2/t13-,17-;9-,12+;/m11./s1. The lowest BCUT2D eigenvalue weighted by atomic mass is 9.69. The summed E-state index contributed by atoms with van der Waals surface area (Å²) in [5, 5.41) is 4.75. The molecule has 6 rings (SSSR count). The van der Waals surface area contributed by atoms with Crippen molar-refractivity contribution in [1.29, 1.82) is 0 Å². The van der Waals surface area contributed by atoms with Gasteiger partial charge >= 0.3 is 12.2 Å². The minimum Gasteiger partial charge on any atom is -0.444 e. The van der Waals surface area contributed by atoms with Crippen molar-refractivity contribution >= 4 is 51.3 Å². The number of amides is 2. The van der Waals surface area contributed by atoms with Gasteiger partial charge in [0.25, 0.3) is 0 Å². The highest BCUT2D eigenvalue weighted by Crippen LogP contribution is 2.44. The summed E-state index contributed by atoms with van der Waals surface area (Å²) in [5.41, 5.74) is 1.63. The van der Waals surface area contributed by atoms with Crippen LogP contribution in [-0.2, 0) is 21.3 Å². The van der Waals surface area contributed by atoms with Crippen molar-refractivity contribution in [3.63, 3.8) is 0 Å². The van der Waals surface area contributed by atoms with E-state index in [9.17, 15) is 9.59 Å². The molecule has 4 saturated heterocycles. The van der Waals surface area contributed by atoms with E-state index in [1.807, 2.05) is 51.3 Å². The molecular weight excluding hydrogens is 735 g/mol. The molecule has 0 aromatic carbocycles. The quantitative estimate of drug-likeness (QED) is 0.269. The SMILES string of the molecule is CC(C)(C)OC(=O)N1CC[C@H]2N(Cc3cnc(Cl)nc3)C[C@@]2(C)C1.CC(C)(C)OC(=O)N1CC[C@H]2NC[C@@]2(C)C1.Clc1ncc(CBr)cn1. The summed E-state index contributed by atoms with van der Waals surface area (Å²) in [6, 6.07) is 1.07. The van der Waals surface area contributed by atoms with Gasteiger partial charge in [-0.2, -0.15) is 0 Å². The Kier molecular flexibility index (Phi) is 12.8. The first-order chi connectivity index (χ1) is 22.8. The fourth-order valence-electron chi connectivity index (χ4n) is 6.69. The van der Waals surface area contributed by atoms with Gasteiger partial charge in [-0.3, -0.25) is 4.90 Å². The zero-order valence-corrected chi connectivity index (χ0v) is 33.0. The van der Waals surface area contributed by atoms with Gasteiger partial charge in [0.2, 0.25) is 10.6 Å². The lowest BCUT2D eigenvalue weighted by Crippen LogP contribution is -2.70. The van der Waals surface area contributed by atoms with Gasteiger partial charge in [0.15, 0.2) is 0 Å². The van der Waals surface area contributed by atoms with Crippen molar-refractivity contribution in [2.24, 2.45) is 10.8 Å². The lowest BCUT2D eigenvalue weighted by molar-refractivity contribution is -0.116. The molecule has 2 aromatic heterocycles. The van der Waals surface area contributed by atoms with E-state index in [1.54, 1.807) is 24.8 Å². The number of piperidine rings is 2. The molecule has 4 fully saturated rings. The molecule has 0 radical (unpaired) electrons. The number of carbonyl (C=O) groups is 2. The maximum Gasteiger partial charge on any atom is 0.410 e. The topological polar surface area (TPSA) is 126 Å². The average Bonchev–Trinajstić information content (AvgIpc) is 2.99. The van der Waals surface area contributed by atoms with Crippen LogP contribution in [0.15, 0.2) is 24.8 Å². The second kappa shape index (κ2) is 15.9. The maximum absolute atomic E-state index is 12.3. The van der Waals surface area contributed by atoms with E-state index in [-0.39, 0.29) is 28.3 Å². The Balaban J connectivity index is 0.000000185. The first-order valence-corrected chi connectivity index (χ1v) is 18.6. The molecule has 4 aliphatic rings. The number of nitrogens with zero attached hydrogens (tertiary/aromatic N) is 7. The number of aromatic nitrogens is 4. The number of nitrogens with one attached hydrogen (secondary N) is 1. The van der Waals surface area contributed by atoms with Crippen LogP contribution in [0.5, 0.6) is 0 Å². The summed E-state index contributed by atoms with van der Waals surface area (Å²) in [6.45, 7) is 21.8. The van der Waals surface area contributed by atoms with E-state index in [0.717, 1.165) is 75.1 Å². The number of likely N-dealkylation sites (tertiary alicyclic amines) is 3. The van der Waals surface area contributed by atoms with E-state index >= 15 is 0 Å². The predicted molar refractivity (Wildman–Crippen MR) is 194 cm³/mol. The van der Waals surface area contributed by atoms with E-state index in [4.69, 9.17) is 32.7 Å². The van der Waals surface area contributed by atoms with Gasteiger partial charge < -0.3 is 24.6 Å². The smallest absolute Gasteiger partial charge is 0.410 e. The Labute approximate surface area is 309 Å². The van der Waals surface area contributed by atoms with Crippen LogP contribution in [0, 0.1) is 10.8 Å². The van der Waals surface area contributed by atoms with Crippen molar-refractivity contribution in [3.05, 3.63) is 46.5 Å². The number of rotatable bonds is 3. The van der Waals surface area contributed by atoms with Crippen LogP contribution in [0.3, 0.4) is 0 Å². The third kappa shape index (κ3) is 11.1. The fourth-order valence-corrected chi connectivity index (χ4v) is 7.18. The van der Waals surface area contributed by atoms with Crippen molar-refractivity contribution in [1.82, 2.24) is 40.0 Å². The maximum atomic E-state index is 12.3. The molecule has 0 saturated carbocycles. The zero-order valence-electron chi connectivity index (χ0n) is 29.9. The van der Waals surface area contributed by atoms with Crippen LogP contribution in [0.2, 0.25) is 10.6 Å². The second-order valence-corrected chi connectivity index (χ2v) is 17.1. The van der Waals surface area contributed by atoms with Crippen LogP contribution in [0.25, 0.3) is 0 Å². The molecule has 12 nitrogen and oxygen atoms in total. The van der Waals surface area contributed by atoms with E-state index in [2.05, 4.69) is 59.9 Å². The summed E-state index contributed by atoms with van der Waals surface area (Å²) >= 11 is 14.4. The number of halogens is 3. The highest BCUT2D eigenvalue weighted by Gasteiger charge is 2.53. The van der Waals surface area contributed by atoms with Gasteiger partial charge in [-0.1, -0.05) is 29.8 Å². The number of alkyl halides is 1. The molecule has 0 bridgehead atoms. The normalized spacial score (nSPS) is 26.3. The minimum atomic E-state index is -0.449. The Bertz CT molecular complexity index is 1430. The van der Waals surface area contributed by atoms with Gasteiger partial charge in [-0.05, 0) is 83.1 Å². The van der Waals surface area contributed by atoms with Gasteiger partial charge in [-0.15, -0.1) is 0 Å². The number of carbonyl (C=O) groups excluding carboxylic acids is 2. The van der Waals surface area contributed by atoms with Gasteiger partial charge in [0.05, 0.1) is 0 Å². The summed E-state index contributed by atoms with van der Waals surface area (Å²) < 4.78 is 10.9. The Morgan fingerprint density at radius 2 is 1.29 bits per heavy atom. The number of hydrogen-bond acceptors (Lipinski definition) is 10. The highest BCUT2D eigenvalue weighted by molar-refractivity contribution is 9.08. The van der Waals surface area contributed by atoms with Crippen LogP contribution < -0.4 is 5.32 Å². The summed E-state index contributed by atoms with van der Waals surface area (Å²) in [4.78, 5) is 46.0. The molecule has 6 heterocycles. The van der Waals surface area contributed by atoms with Crippen LogP contribution in [0.1, 0.15) is 79.4 Å². The van der Waals surface area contributed by atoms with Crippen molar-refractivity contribution < 1.29 is 19.1 Å². The summed E-state index contributed by atoms with van der Waals surface area (Å²) in [5.74, 6) is 0. The molecule has 4 aliphatic heterocycles. The number of fused-ring (bicyclic) bond motifs is 2. The van der Waals surface area contributed by atoms with Crippen molar-refractivity contribution in [3.8, 4) is 0 Å².